The van der Waals surface area contributed by atoms with Crippen LogP contribution in [0.15, 0.2) is 0 Å². The van der Waals surface area contributed by atoms with Crippen molar-refractivity contribution in [3.63, 3.8) is 0 Å². The molecule has 2 rings (SSSR count). The van der Waals surface area contributed by atoms with E-state index in [0.29, 0.717) is 30.1 Å². The number of carbonyl (C=O) groups excluding carboxylic acids is 1. The standard InChI is InChI=1S/C12H16N4O2S/c1-7-6-16(3-4-18-7)12-8(5-13)9(14)10(19-12)11(17)15-2/h7H,3-4,6,14H2,1-2H3,(H,15,17). The van der Waals surface area contributed by atoms with Crippen molar-refractivity contribution in [1.82, 2.24) is 5.32 Å². The molecule has 0 radical (unpaired) electrons. The molecule has 7 heteroatoms. The van der Waals surface area contributed by atoms with E-state index in [-0.39, 0.29) is 17.7 Å². The Balaban J connectivity index is 2.40. The van der Waals surface area contributed by atoms with Gasteiger partial charge in [0.05, 0.1) is 18.4 Å². The van der Waals surface area contributed by atoms with Crippen LogP contribution in [-0.4, -0.2) is 38.8 Å². The van der Waals surface area contributed by atoms with Crippen molar-refractivity contribution in [1.29, 1.82) is 5.26 Å². The Labute approximate surface area is 115 Å². The van der Waals surface area contributed by atoms with E-state index >= 15 is 0 Å². The molecular weight excluding hydrogens is 264 g/mol. The minimum Gasteiger partial charge on any atom is -0.396 e. The van der Waals surface area contributed by atoms with Gasteiger partial charge in [-0.25, -0.2) is 0 Å². The van der Waals surface area contributed by atoms with E-state index in [1.165, 1.54) is 11.3 Å². The van der Waals surface area contributed by atoms with Crippen LogP contribution >= 0.6 is 11.3 Å². The molecule has 1 amide bonds. The van der Waals surface area contributed by atoms with Crippen molar-refractivity contribution in [3.8, 4) is 6.07 Å². The number of carbonyl (C=O) groups is 1. The van der Waals surface area contributed by atoms with Crippen LogP contribution in [0.5, 0.6) is 0 Å². The fourth-order valence-corrected chi connectivity index (χ4v) is 3.20. The first kappa shape index (κ1) is 13.6. The van der Waals surface area contributed by atoms with Gasteiger partial charge in [0, 0.05) is 20.1 Å². The van der Waals surface area contributed by atoms with E-state index in [4.69, 9.17) is 10.5 Å². The van der Waals surface area contributed by atoms with Gasteiger partial charge in [0.15, 0.2) is 0 Å². The van der Waals surface area contributed by atoms with Crippen LogP contribution in [0, 0.1) is 11.3 Å². The summed E-state index contributed by atoms with van der Waals surface area (Å²) >= 11 is 1.26. The molecule has 0 saturated carbocycles. The van der Waals surface area contributed by atoms with Gasteiger partial charge in [0.2, 0.25) is 0 Å². The molecule has 1 aliphatic rings. The molecular formula is C12H16N4O2S. The molecule has 1 aromatic rings. The normalized spacial score (nSPS) is 19.0. The summed E-state index contributed by atoms with van der Waals surface area (Å²) in [7, 11) is 1.55. The average molecular weight is 280 g/mol. The molecule has 1 saturated heterocycles. The highest BCUT2D eigenvalue weighted by atomic mass is 32.1. The van der Waals surface area contributed by atoms with E-state index in [1.807, 2.05) is 6.92 Å². The Bertz CT molecular complexity index is 535. The Morgan fingerprint density at radius 1 is 1.68 bits per heavy atom. The van der Waals surface area contributed by atoms with Gasteiger partial charge in [-0.1, -0.05) is 0 Å². The summed E-state index contributed by atoms with van der Waals surface area (Å²) in [6.45, 7) is 3.99. The third-order valence-electron chi connectivity index (χ3n) is 3.00. The zero-order valence-electron chi connectivity index (χ0n) is 10.9. The van der Waals surface area contributed by atoms with Crippen LogP contribution in [0.4, 0.5) is 10.7 Å². The van der Waals surface area contributed by atoms with E-state index in [0.717, 1.165) is 5.00 Å². The summed E-state index contributed by atoms with van der Waals surface area (Å²) in [5.41, 5.74) is 6.55. The SMILES string of the molecule is CNC(=O)c1sc(N2CCOC(C)C2)c(C#N)c1N. The van der Waals surface area contributed by atoms with Gasteiger partial charge >= 0.3 is 0 Å². The number of ether oxygens (including phenoxy) is 1. The van der Waals surface area contributed by atoms with Gasteiger partial charge < -0.3 is 20.7 Å². The van der Waals surface area contributed by atoms with Crippen molar-refractivity contribution >= 4 is 27.9 Å². The molecule has 0 bridgehead atoms. The Morgan fingerprint density at radius 3 is 3.00 bits per heavy atom. The molecule has 1 unspecified atom stereocenters. The largest absolute Gasteiger partial charge is 0.396 e. The molecule has 0 spiro atoms. The number of nitriles is 1. The lowest BCUT2D eigenvalue weighted by Gasteiger charge is -2.32. The van der Waals surface area contributed by atoms with Crippen molar-refractivity contribution in [2.75, 3.05) is 37.4 Å². The third kappa shape index (κ3) is 2.50. The van der Waals surface area contributed by atoms with Gasteiger partial charge in [-0.15, -0.1) is 11.3 Å². The molecule has 0 aromatic carbocycles. The number of morpholine rings is 1. The van der Waals surface area contributed by atoms with Crippen LogP contribution in [0.3, 0.4) is 0 Å². The highest BCUT2D eigenvalue weighted by molar-refractivity contribution is 7.19. The zero-order valence-corrected chi connectivity index (χ0v) is 11.7. The molecule has 1 atom stereocenters. The summed E-state index contributed by atoms with van der Waals surface area (Å²) in [5.74, 6) is -0.258. The highest BCUT2D eigenvalue weighted by Gasteiger charge is 2.26. The Hall–Kier alpha value is -1.78. The van der Waals surface area contributed by atoms with Crippen LogP contribution < -0.4 is 16.0 Å². The minimum atomic E-state index is -0.258. The summed E-state index contributed by atoms with van der Waals surface area (Å²) in [6, 6.07) is 2.10. The molecule has 0 aliphatic carbocycles. The second-order valence-corrected chi connectivity index (χ2v) is 5.34. The molecule has 102 valence electrons. The molecule has 1 aliphatic heterocycles. The van der Waals surface area contributed by atoms with Crippen LogP contribution in [0.25, 0.3) is 0 Å². The van der Waals surface area contributed by atoms with Gasteiger partial charge in [-0.05, 0) is 6.92 Å². The second-order valence-electron chi connectivity index (χ2n) is 4.34. The van der Waals surface area contributed by atoms with Crippen molar-refractivity contribution in [3.05, 3.63) is 10.4 Å². The summed E-state index contributed by atoms with van der Waals surface area (Å²) in [5, 5.41) is 12.5. The van der Waals surface area contributed by atoms with E-state index in [9.17, 15) is 10.1 Å². The number of rotatable bonds is 2. The number of nitrogens with one attached hydrogen (secondary N) is 1. The van der Waals surface area contributed by atoms with Crippen molar-refractivity contribution in [2.24, 2.45) is 0 Å². The number of hydrogen-bond acceptors (Lipinski definition) is 6. The van der Waals surface area contributed by atoms with Gasteiger partial charge in [-0.2, -0.15) is 5.26 Å². The number of anilines is 2. The maximum absolute atomic E-state index is 11.7. The fraction of sp³-hybridized carbons (Fsp3) is 0.500. The minimum absolute atomic E-state index is 0.104. The first-order chi connectivity index (χ1) is 9.08. The third-order valence-corrected chi connectivity index (χ3v) is 4.27. The lowest BCUT2D eigenvalue weighted by Crippen LogP contribution is -2.41. The Morgan fingerprint density at radius 2 is 2.42 bits per heavy atom. The maximum atomic E-state index is 11.7. The van der Waals surface area contributed by atoms with E-state index in [1.54, 1.807) is 7.05 Å². The fourth-order valence-electron chi connectivity index (χ4n) is 2.05. The monoisotopic (exact) mass is 280 g/mol. The molecule has 19 heavy (non-hydrogen) atoms. The topological polar surface area (TPSA) is 91.4 Å². The first-order valence-corrected chi connectivity index (χ1v) is 6.81. The first-order valence-electron chi connectivity index (χ1n) is 5.99. The summed E-state index contributed by atoms with van der Waals surface area (Å²) < 4.78 is 5.48. The molecule has 6 nitrogen and oxygen atoms in total. The number of nitrogens with zero attached hydrogens (tertiary/aromatic N) is 2. The number of amides is 1. The van der Waals surface area contributed by atoms with Gasteiger partial charge in [0.1, 0.15) is 21.5 Å². The quantitative estimate of drug-likeness (QED) is 0.835. The molecule has 1 aromatic heterocycles. The van der Waals surface area contributed by atoms with E-state index in [2.05, 4.69) is 16.3 Å². The maximum Gasteiger partial charge on any atom is 0.263 e. The zero-order chi connectivity index (χ0) is 14.0. The van der Waals surface area contributed by atoms with Crippen molar-refractivity contribution in [2.45, 2.75) is 13.0 Å². The number of nitrogen functional groups attached to an aromatic ring is 1. The lowest BCUT2D eigenvalue weighted by molar-refractivity contribution is 0.0534. The average Bonchev–Trinajstić information content (AvgIpc) is 2.75. The van der Waals surface area contributed by atoms with Crippen LogP contribution in [0.1, 0.15) is 22.2 Å². The highest BCUT2D eigenvalue weighted by Crippen LogP contribution is 2.38. The number of hydrogen-bond donors (Lipinski definition) is 2. The summed E-state index contributed by atoms with van der Waals surface area (Å²) in [6.07, 6.45) is 0.104. The lowest BCUT2D eigenvalue weighted by atomic mass is 10.2. The smallest absolute Gasteiger partial charge is 0.263 e. The predicted molar refractivity (Wildman–Crippen MR) is 74.5 cm³/mol. The number of nitrogens with two attached hydrogens (primary N) is 1. The van der Waals surface area contributed by atoms with E-state index < -0.39 is 0 Å². The molecule has 2 heterocycles. The number of thiophene rings is 1. The van der Waals surface area contributed by atoms with Crippen LogP contribution in [-0.2, 0) is 4.74 Å². The summed E-state index contributed by atoms with van der Waals surface area (Å²) in [4.78, 5) is 14.2. The molecule has 3 N–H and O–H groups in total. The predicted octanol–water partition coefficient (Wildman–Crippen LogP) is 0.787. The van der Waals surface area contributed by atoms with Crippen LogP contribution in [0.2, 0.25) is 0 Å². The van der Waals surface area contributed by atoms with Gasteiger partial charge in [-0.3, -0.25) is 4.79 Å². The second kappa shape index (κ2) is 5.47. The van der Waals surface area contributed by atoms with Gasteiger partial charge in [0.25, 0.3) is 5.91 Å². The van der Waals surface area contributed by atoms with Crippen molar-refractivity contribution < 1.29 is 9.53 Å². The molecule has 1 fully saturated rings. The Kier molecular flexibility index (Phi) is 3.93.